The van der Waals surface area contributed by atoms with E-state index in [9.17, 15) is 4.79 Å². The molecule has 0 saturated carbocycles. The van der Waals surface area contributed by atoms with Gasteiger partial charge in [0, 0.05) is 7.05 Å². The molecule has 2 rings (SSSR count). The Balaban J connectivity index is 2.49. The van der Waals surface area contributed by atoms with Crippen LogP contribution in [0.15, 0.2) is 12.1 Å². The van der Waals surface area contributed by atoms with Crippen molar-refractivity contribution in [3.05, 3.63) is 17.2 Å². The number of rotatable bonds is 4. The molecule has 1 aromatic carbocycles. The molecule has 2 aromatic rings. The number of hydrogen-bond donors (Lipinski definition) is 1. The van der Waals surface area contributed by atoms with Crippen molar-refractivity contribution in [1.82, 2.24) is 4.98 Å². The Morgan fingerprint density at radius 2 is 2.33 bits per heavy atom. The first-order valence-electron chi connectivity index (χ1n) is 5.09. The summed E-state index contributed by atoms with van der Waals surface area (Å²) >= 11 is 7.43. The topological polar surface area (TPSA) is 62.7 Å². The van der Waals surface area contributed by atoms with Gasteiger partial charge in [-0.25, -0.2) is 4.98 Å². The summed E-state index contributed by atoms with van der Waals surface area (Å²) in [5.41, 5.74) is 0.655. The van der Waals surface area contributed by atoms with Gasteiger partial charge in [0.25, 0.3) is 0 Å². The number of nitrogens with zero attached hydrogens (tertiary/aromatic N) is 2. The second kappa shape index (κ2) is 4.99. The van der Waals surface area contributed by atoms with E-state index in [1.807, 2.05) is 0 Å². The summed E-state index contributed by atoms with van der Waals surface area (Å²) in [5.74, 6) is -0.282. The minimum Gasteiger partial charge on any atom is -0.494 e. The summed E-state index contributed by atoms with van der Waals surface area (Å²) in [4.78, 5) is 16.6. The van der Waals surface area contributed by atoms with Crippen LogP contribution in [0.25, 0.3) is 10.2 Å². The molecule has 0 saturated heterocycles. The zero-order valence-corrected chi connectivity index (χ0v) is 11.4. The molecule has 0 fully saturated rings. The van der Waals surface area contributed by atoms with E-state index >= 15 is 0 Å². The Morgan fingerprint density at radius 1 is 1.61 bits per heavy atom. The molecule has 96 valence electrons. The normalized spacial score (nSPS) is 10.6. The number of aromatic nitrogens is 1. The summed E-state index contributed by atoms with van der Waals surface area (Å²) < 4.78 is 6.00. The van der Waals surface area contributed by atoms with Crippen molar-refractivity contribution in [3.8, 4) is 5.75 Å². The molecule has 18 heavy (non-hydrogen) atoms. The lowest BCUT2D eigenvalue weighted by Crippen LogP contribution is -2.24. The average molecular weight is 287 g/mol. The van der Waals surface area contributed by atoms with E-state index in [1.165, 1.54) is 11.3 Å². The van der Waals surface area contributed by atoms with E-state index in [0.717, 1.165) is 4.70 Å². The molecule has 1 N–H and O–H groups in total. The Bertz CT molecular complexity index is 599. The highest BCUT2D eigenvalue weighted by molar-refractivity contribution is 7.22. The van der Waals surface area contributed by atoms with Gasteiger partial charge in [0.1, 0.15) is 17.8 Å². The predicted octanol–water partition coefficient (Wildman–Crippen LogP) is 2.48. The smallest absolute Gasteiger partial charge is 0.323 e. The van der Waals surface area contributed by atoms with Crippen LogP contribution in [0.5, 0.6) is 5.75 Å². The third-order valence-electron chi connectivity index (χ3n) is 2.37. The van der Waals surface area contributed by atoms with Gasteiger partial charge in [-0.05, 0) is 12.1 Å². The average Bonchev–Trinajstić information content (AvgIpc) is 2.74. The quantitative estimate of drug-likeness (QED) is 0.935. The van der Waals surface area contributed by atoms with Crippen molar-refractivity contribution in [2.24, 2.45) is 0 Å². The van der Waals surface area contributed by atoms with E-state index in [0.29, 0.717) is 21.4 Å². The maximum absolute atomic E-state index is 10.7. The number of carboxylic acids is 1. The number of thiazole rings is 1. The van der Waals surface area contributed by atoms with Gasteiger partial charge < -0.3 is 14.7 Å². The molecule has 0 spiro atoms. The van der Waals surface area contributed by atoms with Crippen molar-refractivity contribution in [3.63, 3.8) is 0 Å². The van der Waals surface area contributed by atoms with Gasteiger partial charge in [0.05, 0.1) is 16.8 Å². The van der Waals surface area contributed by atoms with Crippen LogP contribution in [-0.2, 0) is 4.79 Å². The van der Waals surface area contributed by atoms with Gasteiger partial charge in [-0.2, -0.15) is 0 Å². The van der Waals surface area contributed by atoms with Gasteiger partial charge in [0.2, 0.25) is 0 Å². The van der Waals surface area contributed by atoms with Gasteiger partial charge in [-0.15, -0.1) is 0 Å². The Morgan fingerprint density at radius 3 is 2.94 bits per heavy atom. The first kappa shape index (κ1) is 12.9. The minimum atomic E-state index is -0.908. The first-order valence-corrected chi connectivity index (χ1v) is 6.28. The number of fused-ring (bicyclic) bond motifs is 1. The Labute approximate surface area is 113 Å². The minimum absolute atomic E-state index is 0.111. The molecule has 0 atom stereocenters. The van der Waals surface area contributed by atoms with E-state index in [4.69, 9.17) is 21.4 Å². The number of anilines is 1. The van der Waals surface area contributed by atoms with E-state index in [1.54, 1.807) is 31.2 Å². The lowest BCUT2D eigenvalue weighted by Gasteiger charge is -2.11. The SMILES string of the molecule is COc1ccc(Cl)c2sc(N(C)CC(=O)O)nc12. The third-order valence-corrected chi connectivity index (χ3v) is 4.00. The standard InChI is InChI=1S/C11H11ClN2O3S/c1-14(5-8(15)16)11-13-9-7(17-2)4-3-6(12)10(9)18-11/h3-4H,5H2,1-2H3,(H,15,16). The number of carbonyl (C=O) groups is 1. The van der Waals surface area contributed by atoms with E-state index in [-0.39, 0.29) is 6.54 Å². The van der Waals surface area contributed by atoms with Crippen LogP contribution in [0, 0.1) is 0 Å². The fourth-order valence-corrected chi connectivity index (χ4v) is 2.76. The van der Waals surface area contributed by atoms with Crippen LogP contribution in [0.1, 0.15) is 0 Å². The van der Waals surface area contributed by atoms with Crippen molar-refractivity contribution in [1.29, 1.82) is 0 Å². The monoisotopic (exact) mass is 286 g/mol. The van der Waals surface area contributed by atoms with Crippen LogP contribution in [-0.4, -0.2) is 36.8 Å². The highest BCUT2D eigenvalue weighted by atomic mass is 35.5. The maximum Gasteiger partial charge on any atom is 0.323 e. The van der Waals surface area contributed by atoms with Crippen LogP contribution >= 0.6 is 22.9 Å². The number of aliphatic carboxylic acids is 1. The van der Waals surface area contributed by atoms with E-state index in [2.05, 4.69) is 4.98 Å². The molecule has 0 bridgehead atoms. The maximum atomic E-state index is 10.7. The highest BCUT2D eigenvalue weighted by Crippen LogP contribution is 2.38. The second-order valence-corrected chi connectivity index (χ2v) is 5.06. The Kier molecular flexibility index (Phi) is 3.58. The van der Waals surface area contributed by atoms with Crippen LogP contribution in [0.4, 0.5) is 5.13 Å². The fraction of sp³-hybridized carbons (Fsp3) is 0.273. The third kappa shape index (κ3) is 2.34. The number of carboxylic acid groups (broad SMARTS) is 1. The van der Waals surface area contributed by atoms with Gasteiger partial charge in [-0.1, -0.05) is 22.9 Å². The molecule has 0 radical (unpaired) electrons. The number of benzene rings is 1. The highest BCUT2D eigenvalue weighted by Gasteiger charge is 2.15. The summed E-state index contributed by atoms with van der Waals surface area (Å²) in [5, 5.41) is 9.94. The summed E-state index contributed by atoms with van der Waals surface area (Å²) in [6, 6.07) is 3.48. The summed E-state index contributed by atoms with van der Waals surface area (Å²) in [6.45, 7) is -0.111. The molecular weight excluding hydrogens is 276 g/mol. The number of likely N-dealkylation sites (N-methyl/N-ethyl adjacent to an activating group) is 1. The summed E-state index contributed by atoms with van der Waals surface area (Å²) in [6.07, 6.45) is 0. The number of methoxy groups -OCH3 is 1. The predicted molar refractivity (Wildman–Crippen MR) is 72.1 cm³/mol. The van der Waals surface area contributed by atoms with Crippen molar-refractivity contribution in [2.45, 2.75) is 0 Å². The molecule has 0 aliphatic rings. The largest absolute Gasteiger partial charge is 0.494 e. The molecule has 1 heterocycles. The number of ether oxygens (including phenoxy) is 1. The van der Waals surface area contributed by atoms with Gasteiger partial charge >= 0.3 is 5.97 Å². The molecule has 5 nitrogen and oxygen atoms in total. The van der Waals surface area contributed by atoms with Crippen molar-refractivity contribution < 1.29 is 14.6 Å². The number of halogens is 1. The summed E-state index contributed by atoms with van der Waals surface area (Å²) in [7, 11) is 3.23. The fourth-order valence-electron chi connectivity index (χ4n) is 1.54. The Hall–Kier alpha value is -1.53. The van der Waals surface area contributed by atoms with Crippen molar-refractivity contribution >= 4 is 44.3 Å². The van der Waals surface area contributed by atoms with Crippen LogP contribution < -0.4 is 9.64 Å². The first-order chi connectivity index (χ1) is 8.52. The molecule has 1 aromatic heterocycles. The van der Waals surface area contributed by atoms with Crippen LogP contribution in [0.2, 0.25) is 5.02 Å². The van der Waals surface area contributed by atoms with E-state index < -0.39 is 5.97 Å². The molecule has 0 aliphatic carbocycles. The second-order valence-electron chi connectivity index (χ2n) is 3.67. The molecular formula is C11H11ClN2O3S. The molecule has 0 amide bonds. The zero-order chi connectivity index (χ0) is 13.3. The van der Waals surface area contributed by atoms with Gasteiger partial charge in [0.15, 0.2) is 5.13 Å². The number of hydrogen-bond acceptors (Lipinski definition) is 5. The zero-order valence-electron chi connectivity index (χ0n) is 9.81. The van der Waals surface area contributed by atoms with Crippen molar-refractivity contribution in [2.75, 3.05) is 25.6 Å². The molecule has 0 aliphatic heterocycles. The lowest BCUT2D eigenvalue weighted by atomic mass is 10.3. The van der Waals surface area contributed by atoms with Crippen LogP contribution in [0.3, 0.4) is 0 Å². The van der Waals surface area contributed by atoms with Gasteiger partial charge in [-0.3, -0.25) is 4.79 Å². The lowest BCUT2D eigenvalue weighted by molar-refractivity contribution is -0.135. The molecule has 0 unspecified atom stereocenters. The molecule has 7 heteroatoms.